The number of esters is 1. The summed E-state index contributed by atoms with van der Waals surface area (Å²) in [5.74, 6) is -2.89. The zero-order valence-electron chi connectivity index (χ0n) is 12.6. The molecule has 0 fully saturated rings. The van der Waals surface area contributed by atoms with Crippen LogP contribution in [0.4, 0.5) is 18.9 Å². The average molecular weight is 353 g/mol. The van der Waals surface area contributed by atoms with Gasteiger partial charge in [-0.3, -0.25) is 0 Å². The second-order valence-electron chi connectivity index (χ2n) is 4.78. The Morgan fingerprint density at radius 1 is 1.36 bits per heavy atom. The number of halogens is 3. The molecule has 0 atom stereocenters. The van der Waals surface area contributed by atoms with E-state index >= 15 is 0 Å². The van der Waals surface area contributed by atoms with Gasteiger partial charge in [0.05, 0.1) is 35.2 Å². The highest BCUT2D eigenvalue weighted by Crippen LogP contribution is 2.36. The van der Waals surface area contributed by atoms with E-state index in [1.807, 2.05) is 0 Å². The van der Waals surface area contributed by atoms with Gasteiger partial charge in [0.25, 0.3) is 0 Å². The molecule has 0 radical (unpaired) electrons. The highest BCUT2D eigenvalue weighted by atomic mass is 19.4. The number of nitriles is 1. The lowest BCUT2D eigenvalue weighted by Crippen LogP contribution is -2.18. The van der Waals surface area contributed by atoms with E-state index in [2.05, 4.69) is 4.74 Å². The largest absolute Gasteiger partial charge is 0.478 e. The Morgan fingerprint density at radius 3 is 2.48 bits per heavy atom. The number of carbonyl (C=O) groups excluding carboxylic acids is 1. The number of carboxylic acids is 1. The minimum atomic E-state index is -4.94. The number of nitrogens with two attached hydrogens (primary N) is 1. The zero-order chi connectivity index (χ0) is 18.9. The molecule has 2 rings (SSSR count). The Bertz CT molecular complexity index is 910. The van der Waals surface area contributed by atoms with Crippen LogP contribution in [0.3, 0.4) is 0 Å². The van der Waals surface area contributed by atoms with Crippen molar-refractivity contribution < 1.29 is 32.6 Å². The molecule has 0 unspecified atom stereocenters. The molecule has 1 aromatic carbocycles. The molecule has 1 heterocycles. The van der Waals surface area contributed by atoms with Gasteiger partial charge < -0.3 is 20.1 Å². The summed E-state index contributed by atoms with van der Waals surface area (Å²) >= 11 is 0. The Balaban J connectivity index is 2.91. The molecule has 0 saturated heterocycles. The Labute approximate surface area is 138 Å². The summed E-state index contributed by atoms with van der Waals surface area (Å²) in [6, 6.07) is 4.32. The third-order valence-corrected chi connectivity index (χ3v) is 3.36. The van der Waals surface area contributed by atoms with E-state index in [1.165, 1.54) is 0 Å². The molecule has 0 aliphatic heterocycles. The molecule has 2 aromatic rings. The van der Waals surface area contributed by atoms with E-state index in [4.69, 9.17) is 11.0 Å². The summed E-state index contributed by atoms with van der Waals surface area (Å²) in [7, 11) is 1.01. The van der Waals surface area contributed by atoms with Crippen molar-refractivity contribution in [3.05, 3.63) is 46.8 Å². The third kappa shape index (κ3) is 2.99. The molecule has 0 saturated carbocycles. The number of methoxy groups -OCH3 is 1. The van der Waals surface area contributed by atoms with Crippen LogP contribution in [0.1, 0.15) is 32.0 Å². The van der Waals surface area contributed by atoms with Crippen LogP contribution in [0.5, 0.6) is 0 Å². The van der Waals surface area contributed by atoms with Crippen LogP contribution >= 0.6 is 0 Å². The first kappa shape index (κ1) is 17.9. The number of benzene rings is 1. The van der Waals surface area contributed by atoms with Crippen LogP contribution in [-0.2, 0) is 10.9 Å². The minimum Gasteiger partial charge on any atom is -0.478 e. The molecule has 10 heteroatoms. The maximum Gasteiger partial charge on any atom is 0.417 e. The number of hydrogen-bond donors (Lipinski definition) is 2. The van der Waals surface area contributed by atoms with Crippen molar-refractivity contribution in [3.8, 4) is 11.8 Å². The summed E-state index contributed by atoms with van der Waals surface area (Å²) < 4.78 is 44.7. The second kappa shape index (κ2) is 6.20. The number of carboxylic acid groups (broad SMARTS) is 1. The van der Waals surface area contributed by atoms with E-state index in [9.17, 15) is 27.9 Å². The molecule has 0 aliphatic carbocycles. The number of carbonyl (C=O) groups is 2. The first-order valence-corrected chi connectivity index (χ1v) is 6.56. The van der Waals surface area contributed by atoms with Crippen molar-refractivity contribution in [1.29, 1.82) is 5.26 Å². The molecule has 0 bridgehead atoms. The van der Waals surface area contributed by atoms with Gasteiger partial charge in [0, 0.05) is 6.20 Å². The van der Waals surface area contributed by atoms with E-state index in [1.54, 1.807) is 6.07 Å². The van der Waals surface area contributed by atoms with Gasteiger partial charge in [0.1, 0.15) is 6.07 Å². The predicted octanol–water partition coefficient (Wildman–Crippen LogP) is 2.43. The van der Waals surface area contributed by atoms with E-state index in [0.717, 1.165) is 30.0 Å². The molecule has 25 heavy (non-hydrogen) atoms. The molecule has 0 spiro atoms. The standard InChI is InChI=1S/C15H10F3N3O4/c1-25-14(24)12-11(20)7(5-19)6-21(12)9-4-2-3-8(15(16,17)18)10(9)13(22)23/h2-4,6H,20H2,1H3,(H,22,23). The Morgan fingerprint density at radius 2 is 2.00 bits per heavy atom. The first-order valence-electron chi connectivity index (χ1n) is 6.56. The van der Waals surface area contributed by atoms with Crippen molar-refractivity contribution in [3.63, 3.8) is 0 Å². The van der Waals surface area contributed by atoms with Crippen molar-refractivity contribution in [1.82, 2.24) is 4.57 Å². The van der Waals surface area contributed by atoms with E-state index in [0.29, 0.717) is 6.07 Å². The summed E-state index contributed by atoms with van der Waals surface area (Å²) in [6.07, 6.45) is -3.96. The Hall–Kier alpha value is -3.48. The molecule has 7 nitrogen and oxygen atoms in total. The maximum atomic E-state index is 13.1. The number of ether oxygens (including phenoxy) is 1. The van der Waals surface area contributed by atoms with Crippen LogP contribution in [0.15, 0.2) is 24.4 Å². The van der Waals surface area contributed by atoms with Crippen molar-refractivity contribution in [2.45, 2.75) is 6.18 Å². The van der Waals surface area contributed by atoms with Crippen LogP contribution in [0, 0.1) is 11.3 Å². The zero-order valence-corrected chi connectivity index (χ0v) is 12.6. The lowest BCUT2D eigenvalue weighted by Gasteiger charge is -2.16. The molecule has 0 amide bonds. The fourth-order valence-corrected chi connectivity index (χ4v) is 2.31. The monoisotopic (exact) mass is 353 g/mol. The highest BCUT2D eigenvalue weighted by Gasteiger charge is 2.37. The predicted molar refractivity (Wildman–Crippen MR) is 78.2 cm³/mol. The van der Waals surface area contributed by atoms with Gasteiger partial charge in [-0.2, -0.15) is 18.4 Å². The number of alkyl halides is 3. The maximum absolute atomic E-state index is 13.1. The molecular formula is C15H10F3N3O4. The normalized spacial score (nSPS) is 11.0. The van der Waals surface area contributed by atoms with Gasteiger partial charge in [0.15, 0.2) is 5.69 Å². The van der Waals surface area contributed by atoms with Crippen molar-refractivity contribution in [2.75, 3.05) is 12.8 Å². The van der Waals surface area contributed by atoms with Crippen LogP contribution in [0.2, 0.25) is 0 Å². The molecular weight excluding hydrogens is 343 g/mol. The minimum absolute atomic E-state index is 0.214. The summed E-state index contributed by atoms with van der Waals surface area (Å²) in [6.45, 7) is 0. The number of hydrogen-bond acceptors (Lipinski definition) is 5. The topological polar surface area (TPSA) is 118 Å². The number of rotatable bonds is 3. The van der Waals surface area contributed by atoms with Gasteiger partial charge in [-0.25, -0.2) is 9.59 Å². The smallest absolute Gasteiger partial charge is 0.417 e. The molecule has 3 N–H and O–H groups in total. The Kier molecular flexibility index (Phi) is 4.43. The SMILES string of the molecule is COC(=O)c1c(N)c(C#N)cn1-c1cccc(C(F)(F)F)c1C(=O)O. The summed E-state index contributed by atoms with van der Waals surface area (Å²) in [5, 5.41) is 18.3. The van der Waals surface area contributed by atoms with E-state index < -0.39 is 40.6 Å². The van der Waals surface area contributed by atoms with Gasteiger partial charge >= 0.3 is 18.1 Å². The summed E-state index contributed by atoms with van der Waals surface area (Å²) in [5.41, 5.74) is 1.71. The second-order valence-corrected chi connectivity index (χ2v) is 4.78. The van der Waals surface area contributed by atoms with E-state index in [-0.39, 0.29) is 11.3 Å². The van der Waals surface area contributed by atoms with Crippen LogP contribution < -0.4 is 5.73 Å². The van der Waals surface area contributed by atoms with Gasteiger partial charge in [-0.05, 0) is 12.1 Å². The van der Waals surface area contributed by atoms with Crippen molar-refractivity contribution >= 4 is 17.6 Å². The highest BCUT2D eigenvalue weighted by molar-refractivity contribution is 5.98. The quantitative estimate of drug-likeness (QED) is 0.818. The molecule has 1 aromatic heterocycles. The van der Waals surface area contributed by atoms with Crippen LogP contribution in [0.25, 0.3) is 5.69 Å². The number of aromatic carboxylic acids is 1. The number of nitrogens with zero attached hydrogens (tertiary/aromatic N) is 2. The fourth-order valence-electron chi connectivity index (χ4n) is 2.31. The van der Waals surface area contributed by atoms with Crippen LogP contribution in [-0.4, -0.2) is 28.7 Å². The van der Waals surface area contributed by atoms with Crippen molar-refractivity contribution in [2.24, 2.45) is 0 Å². The molecule has 130 valence electrons. The number of aromatic nitrogens is 1. The summed E-state index contributed by atoms with van der Waals surface area (Å²) in [4.78, 5) is 23.4. The first-order chi connectivity index (χ1) is 11.6. The lowest BCUT2D eigenvalue weighted by atomic mass is 10.0. The number of nitrogen functional groups attached to an aromatic ring is 1. The average Bonchev–Trinajstić information content (AvgIpc) is 2.89. The van der Waals surface area contributed by atoms with Gasteiger partial charge in [0.2, 0.25) is 0 Å². The molecule has 0 aliphatic rings. The lowest BCUT2D eigenvalue weighted by molar-refractivity contribution is -0.138. The third-order valence-electron chi connectivity index (χ3n) is 3.36. The van der Waals surface area contributed by atoms with Gasteiger partial charge in [-0.15, -0.1) is 0 Å². The fraction of sp³-hybridized carbons (Fsp3) is 0.133. The van der Waals surface area contributed by atoms with Gasteiger partial charge in [-0.1, -0.05) is 6.07 Å². The number of anilines is 1.